The molecule has 0 saturated carbocycles. The molecule has 1 aliphatic rings. The number of hydrogen-bond donors (Lipinski definition) is 1. The van der Waals surface area contributed by atoms with Crippen molar-refractivity contribution >= 4 is 11.8 Å². The summed E-state index contributed by atoms with van der Waals surface area (Å²) in [5.74, 6) is 0.208. The van der Waals surface area contributed by atoms with Crippen LogP contribution in [0.2, 0.25) is 0 Å². The lowest BCUT2D eigenvalue weighted by Crippen LogP contribution is -2.54. The van der Waals surface area contributed by atoms with E-state index in [2.05, 4.69) is 36.0 Å². The molecule has 6 heteroatoms. The van der Waals surface area contributed by atoms with Crippen molar-refractivity contribution in [1.82, 2.24) is 20.0 Å². The monoisotopic (exact) mass is 360 g/mol. The molecule has 1 aromatic rings. The zero-order valence-corrected chi connectivity index (χ0v) is 16.4. The highest BCUT2D eigenvalue weighted by Crippen LogP contribution is 2.13. The van der Waals surface area contributed by atoms with E-state index >= 15 is 0 Å². The molecule has 1 unspecified atom stereocenters. The molecule has 1 fully saturated rings. The second kappa shape index (κ2) is 9.69. The summed E-state index contributed by atoms with van der Waals surface area (Å²) >= 11 is 0. The molecule has 1 aromatic carbocycles. The van der Waals surface area contributed by atoms with Crippen molar-refractivity contribution in [2.24, 2.45) is 5.92 Å². The first-order valence-corrected chi connectivity index (χ1v) is 9.38. The fourth-order valence-electron chi connectivity index (χ4n) is 3.30. The van der Waals surface area contributed by atoms with Gasteiger partial charge < -0.3 is 15.1 Å². The van der Waals surface area contributed by atoms with Gasteiger partial charge in [-0.3, -0.25) is 14.5 Å². The minimum Gasteiger partial charge on any atom is -0.353 e. The number of carbonyl (C=O) groups is 2. The third-order valence-electron chi connectivity index (χ3n) is 5.03. The van der Waals surface area contributed by atoms with Crippen LogP contribution in [-0.2, 0) is 4.79 Å². The second-order valence-corrected chi connectivity index (χ2v) is 7.48. The van der Waals surface area contributed by atoms with Gasteiger partial charge in [0.15, 0.2) is 0 Å². The van der Waals surface area contributed by atoms with E-state index in [1.807, 2.05) is 18.2 Å². The van der Waals surface area contributed by atoms with E-state index in [9.17, 15) is 9.59 Å². The topological polar surface area (TPSA) is 55.9 Å². The van der Waals surface area contributed by atoms with Crippen molar-refractivity contribution in [2.75, 3.05) is 53.4 Å². The molecule has 26 heavy (non-hydrogen) atoms. The number of nitrogens with one attached hydrogen (secondary N) is 1. The van der Waals surface area contributed by atoms with Gasteiger partial charge in [-0.15, -0.1) is 0 Å². The van der Waals surface area contributed by atoms with E-state index in [0.29, 0.717) is 24.1 Å². The fourth-order valence-corrected chi connectivity index (χ4v) is 3.30. The van der Waals surface area contributed by atoms with Crippen molar-refractivity contribution in [1.29, 1.82) is 0 Å². The molecule has 2 amide bonds. The number of piperazine rings is 1. The summed E-state index contributed by atoms with van der Waals surface area (Å²) < 4.78 is 0. The highest BCUT2D eigenvalue weighted by Gasteiger charge is 2.25. The minimum absolute atomic E-state index is 0.0707. The van der Waals surface area contributed by atoms with E-state index in [1.54, 1.807) is 19.2 Å². The van der Waals surface area contributed by atoms with Crippen LogP contribution in [0.15, 0.2) is 30.3 Å². The molecule has 1 aliphatic heterocycles. The lowest BCUT2D eigenvalue weighted by molar-refractivity contribution is -0.121. The molecule has 1 saturated heterocycles. The summed E-state index contributed by atoms with van der Waals surface area (Å²) in [5.41, 5.74) is 0.597. The van der Waals surface area contributed by atoms with E-state index in [-0.39, 0.29) is 18.4 Å². The van der Waals surface area contributed by atoms with Gasteiger partial charge in [0.1, 0.15) is 0 Å². The average Bonchev–Trinajstić information content (AvgIpc) is 2.63. The number of rotatable bonds is 7. The van der Waals surface area contributed by atoms with E-state index in [0.717, 1.165) is 26.2 Å². The minimum atomic E-state index is -0.139. The Labute approximate surface area is 157 Å². The largest absolute Gasteiger partial charge is 0.353 e. The Morgan fingerprint density at radius 3 is 2.31 bits per heavy atom. The van der Waals surface area contributed by atoms with Crippen LogP contribution in [0.3, 0.4) is 0 Å². The third kappa shape index (κ3) is 5.81. The summed E-state index contributed by atoms with van der Waals surface area (Å²) in [6.45, 7) is 9.26. The molecule has 1 N–H and O–H groups in total. The zero-order valence-electron chi connectivity index (χ0n) is 16.4. The molecule has 1 heterocycles. The molecule has 0 aliphatic carbocycles. The number of likely N-dealkylation sites (N-methyl/N-ethyl adjacent to an activating group) is 2. The van der Waals surface area contributed by atoms with Gasteiger partial charge in [0.25, 0.3) is 5.91 Å². The predicted octanol–water partition coefficient (Wildman–Crippen LogP) is 1.15. The normalized spacial score (nSPS) is 17.1. The van der Waals surface area contributed by atoms with Crippen LogP contribution < -0.4 is 5.32 Å². The Balaban J connectivity index is 1.83. The Morgan fingerprint density at radius 1 is 1.12 bits per heavy atom. The van der Waals surface area contributed by atoms with Gasteiger partial charge in [-0.2, -0.15) is 0 Å². The Hall–Kier alpha value is -1.92. The van der Waals surface area contributed by atoms with Crippen LogP contribution in [0, 0.1) is 5.92 Å². The molecule has 0 spiro atoms. The Kier molecular flexibility index (Phi) is 7.60. The smallest absolute Gasteiger partial charge is 0.254 e. The highest BCUT2D eigenvalue weighted by atomic mass is 16.2. The zero-order chi connectivity index (χ0) is 19.1. The molecular formula is C20H32N4O2. The van der Waals surface area contributed by atoms with E-state index in [1.165, 1.54) is 4.90 Å². The maximum atomic E-state index is 12.3. The summed E-state index contributed by atoms with van der Waals surface area (Å²) in [6.07, 6.45) is 0. The van der Waals surface area contributed by atoms with Crippen LogP contribution in [0.4, 0.5) is 0 Å². The molecule has 2 rings (SSSR count). The first-order valence-electron chi connectivity index (χ1n) is 9.38. The molecule has 0 aromatic heterocycles. The lowest BCUT2D eigenvalue weighted by atomic mass is 10.0. The number of carbonyl (C=O) groups excluding carboxylic acids is 2. The van der Waals surface area contributed by atoms with Gasteiger partial charge in [-0.25, -0.2) is 0 Å². The SMILES string of the molecule is CC(C)C(CNC(=O)CN(C)C(=O)c1ccccc1)N1CCN(C)CC1. The standard InChI is InChI=1S/C20H32N4O2/c1-16(2)18(24-12-10-22(3)11-13-24)14-21-19(25)15-23(4)20(26)17-8-6-5-7-9-17/h5-9,16,18H,10-15H2,1-4H3,(H,21,25). The van der Waals surface area contributed by atoms with E-state index < -0.39 is 0 Å². The van der Waals surface area contributed by atoms with Gasteiger partial charge in [-0.05, 0) is 25.1 Å². The van der Waals surface area contributed by atoms with Gasteiger partial charge >= 0.3 is 0 Å². The first kappa shape index (κ1) is 20.4. The molecule has 0 bridgehead atoms. The molecular weight excluding hydrogens is 328 g/mol. The number of nitrogens with zero attached hydrogens (tertiary/aromatic N) is 3. The number of benzene rings is 1. The van der Waals surface area contributed by atoms with Gasteiger partial charge in [-0.1, -0.05) is 32.0 Å². The maximum Gasteiger partial charge on any atom is 0.254 e. The van der Waals surface area contributed by atoms with Crippen LogP contribution in [-0.4, -0.2) is 85.9 Å². The lowest BCUT2D eigenvalue weighted by Gasteiger charge is -2.40. The number of amides is 2. The van der Waals surface area contributed by atoms with Gasteiger partial charge in [0, 0.05) is 51.4 Å². The molecule has 0 radical (unpaired) electrons. The Morgan fingerprint density at radius 2 is 1.73 bits per heavy atom. The molecule has 6 nitrogen and oxygen atoms in total. The number of hydrogen-bond acceptors (Lipinski definition) is 4. The third-order valence-corrected chi connectivity index (χ3v) is 5.03. The highest BCUT2D eigenvalue weighted by molar-refractivity contribution is 5.96. The van der Waals surface area contributed by atoms with Crippen molar-refractivity contribution in [3.05, 3.63) is 35.9 Å². The van der Waals surface area contributed by atoms with Gasteiger partial charge in [0.05, 0.1) is 6.54 Å². The van der Waals surface area contributed by atoms with E-state index in [4.69, 9.17) is 0 Å². The molecule has 144 valence electrons. The van der Waals surface area contributed by atoms with Crippen LogP contribution in [0.25, 0.3) is 0 Å². The van der Waals surface area contributed by atoms with Crippen LogP contribution >= 0.6 is 0 Å². The van der Waals surface area contributed by atoms with Crippen molar-refractivity contribution in [3.63, 3.8) is 0 Å². The summed E-state index contributed by atoms with van der Waals surface area (Å²) in [6, 6.07) is 9.36. The fraction of sp³-hybridized carbons (Fsp3) is 0.600. The molecule has 1 atom stereocenters. The maximum absolute atomic E-state index is 12.3. The summed E-state index contributed by atoms with van der Waals surface area (Å²) in [5, 5.41) is 3.02. The van der Waals surface area contributed by atoms with Crippen LogP contribution in [0.1, 0.15) is 24.2 Å². The predicted molar refractivity (Wildman–Crippen MR) is 104 cm³/mol. The van der Waals surface area contributed by atoms with Crippen LogP contribution in [0.5, 0.6) is 0 Å². The summed E-state index contributed by atoms with van der Waals surface area (Å²) in [7, 11) is 3.80. The first-order chi connectivity index (χ1) is 12.4. The second-order valence-electron chi connectivity index (χ2n) is 7.48. The quantitative estimate of drug-likeness (QED) is 0.792. The Bertz CT molecular complexity index is 583. The van der Waals surface area contributed by atoms with Crippen molar-refractivity contribution in [2.45, 2.75) is 19.9 Å². The van der Waals surface area contributed by atoms with Crippen molar-refractivity contribution in [3.8, 4) is 0 Å². The van der Waals surface area contributed by atoms with Crippen molar-refractivity contribution < 1.29 is 9.59 Å². The summed E-state index contributed by atoms with van der Waals surface area (Å²) in [4.78, 5) is 30.9. The van der Waals surface area contributed by atoms with Gasteiger partial charge in [0.2, 0.25) is 5.91 Å². The average molecular weight is 361 g/mol.